The SMILES string of the molecule is CN(C)CCc1cc(=O)nc2n1-c1ccc(Cl)cc1C(c1ccccc1Cl)=NC2. The fourth-order valence-corrected chi connectivity index (χ4v) is 3.91. The van der Waals surface area contributed by atoms with Crippen LogP contribution in [0.5, 0.6) is 0 Å². The molecular formula is C22H20Cl2N4O. The molecule has 0 amide bonds. The first-order chi connectivity index (χ1) is 13.9. The van der Waals surface area contributed by atoms with E-state index in [1.807, 2.05) is 61.1 Å². The summed E-state index contributed by atoms with van der Waals surface area (Å²) in [7, 11) is 4.02. The fourth-order valence-electron chi connectivity index (χ4n) is 3.52. The molecule has 0 spiro atoms. The second-order valence-corrected chi connectivity index (χ2v) is 8.04. The molecule has 3 aromatic rings. The molecule has 7 heteroatoms. The van der Waals surface area contributed by atoms with Crippen LogP contribution >= 0.6 is 23.2 Å². The van der Waals surface area contributed by atoms with Crippen molar-refractivity contribution in [3.8, 4) is 5.69 Å². The minimum absolute atomic E-state index is 0.253. The third-order valence-electron chi connectivity index (χ3n) is 4.85. The lowest BCUT2D eigenvalue weighted by molar-refractivity contribution is 0.409. The van der Waals surface area contributed by atoms with E-state index >= 15 is 0 Å². The minimum Gasteiger partial charge on any atom is -0.309 e. The maximum Gasteiger partial charge on any atom is 0.273 e. The van der Waals surface area contributed by atoms with E-state index in [2.05, 4.69) is 9.88 Å². The van der Waals surface area contributed by atoms with Gasteiger partial charge in [-0.15, -0.1) is 0 Å². The molecule has 29 heavy (non-hydrogen) atoms. The number of aromatic nitrogens is 2. The van der Waals surface area contributed by atoms with Crippen LogP contribution in [-0.2, 0) is 13.0 Å². The highest BCUT2D eigenvalue weighted by Gasteiger charge is 2.23. The van der Waals surface area contributed by atoms with E-state index < -0.39 is 0 Å². The summed E-state index contributed by atoms with van der Waals surface area (Å²) in [5.41, 5.74) is 3.96. The van der Waals surface area contributed by atoms with Gasteiger partial charge in [0.15, 0.2) is 0 Å². The first kappa shape index (κ1) is 19.8. The smallest absolute Gasteiger partial charge is 0.273 e. The number of fused-ring (bicyclic) bond motifs is 3. The fraction of sp³-hybridized carbons (Fsp3) is 0.227. The first-order valence-corrected chi connectivity index (χ1v) is 10.1. The molecule has 0 N–H and O–H groups in total. The van der Waals surface area contributed by atoms with Gasteiger partial charge in [0.2, 0.25) is 0 Å². The van der Waals surface area contributed by atoms with Crippen molar-refractivity contribution in [3.63, 3.8) is 0 Å². The van der Waals surface area contributed by atoms with Crippen molar-refractivity contribution in [1.29, 1.82) is 0 Å². The summed E-state index contributed by atoms with van der Waals surface area (Å²) in [6.45, 7) is 1.09. The zero-order valence-electron chi connectivity index (χ0n) is 16.2. The Morgan fingerprint density at radius 3 is 2.62 bits per heavy atom. The van der Waals surface area contributed by atoms with Crippen LogP contribution in [0.3, 0.4) is 0 Å². The minimum atomic E-state index is -0.253. The lowest BCUT2D eigenvalue weighted by Gasteiger charge is -2.19. The number of benzene rings is 2. The van der Waals surface area contributed by atoms with Gasteiger partial charge in [-0.25, -0.2) is 0 Å². The summed E-state index contributed by atoms with van der Waals surface area (Å²) in [6, 6.07) is 14.9. The quantitative estimate of drug-likeness (QED) is 0.633. The molecule has 148 valence electrons. The monoisotopic (exact) mass is 426 g/mol. The summed E-state index contributed by atoms with van der Waals surface area (Å²) >= 11 is 12.8. The molecule has 1 aliphatic rings. The molecule has 2 heterocycles. The van der Waals surface area contributed by atoms with Crippen LogP contribution in [0.1, 0.15) is 22.6 Å². The van der Waals surface area contributed by atoms with E-state index in [4.69, 9.17) is 28.2 Å². The molecule has 0 atom stereocenters. The molecular weight excluding hydrogens is 407 g/mol. The van der Waals surface area contributed by atoms with E-state index in [0.717, 1.165) is 34.8 Å². The van der Waals surface area contributed by atoms with Gasteiger partial charge in [0.25, 0.3) is 5.56 Å². The number of aliphatic imine (C=N–C) groups is 1. The molecule has 0 saturated carbocycles. The zero-order valence-corrected chi connectivity index (χ0v) is 17.7. The van der Waals surface area contributed by atoms with E-state index in [0.29, 0.717) is 22.3 Å². The van der Waals surface area contributed by atoms with Gasteiger partial charge in [0.05, 0.1) is 17.9 Å². The van der Waals surface area contributed by atoms with Crippen molar-refractivity contribution < 1.29 is 0 Å². The Hall–Kier alpha value is -2.47. The van der Waals surface area contributed by atoms with Gasteiger partial charge < -0.3 is 4.90 Å². The van der Waals surface area contributed by atoms with Crippen LogP contribution in [0.15, 0.2) is 58.3 Å². The highest BCUT2D eigenvalue weighted by molar-refractivity contribution is 6.36. The third-order valence-corrected chi connectivity index (χ3v) is 5.42. The van der Waals surface area contributed by atoms with Gasteiger partial charge in [-0.1, -0.05) is 41.4 Å². The van der Waals surface area contributed by atoms with Gasteiger partial charge in [-0.05, 0) is 38.4 Å². The van der Waals surface area contributed by atoms with Gasteiger partial charge in [-0.3, -0.25) is 14.4 Å². The molecule has 0 aliphatic carbocycles. The molecule has 5 nitrogen and oxygen atoms in total. The van der Waals surface area contributed by atoms with E-state index in [-0.39, 0.29) is 12.1 Å². The summed E-state index contributed by atoms with van der Waals surface area (Å²) in [5, 5.41) is 1.22. The van der Waals surface area contributed by atoms with Crippen molar-refractivity contribution in [1.82, 2.24) is 14.5 Å². The molecule has 1 aromatic heterocycles. The Labute approximate surface area is 179 Å². The van der Waals surface area contributed by atoms with E-state index in [1.165, 1.54) is 0 Å². The maximum absolute atomic E-state index is 12.3. The Morgan fingerprint density at radius 1 is 1.07 bits per heavy atom. The first-order valence-electron chi connectivity index (χ1n) is 9.30. The van der Waals surface area contributed by atoms with Crippen molar-refractivity contribution in [2.45, 2.75) is 13.0 Å². The van der Waals surface area contributed by atoms with Crippen molar-refractivity contribution in [2.75, 3.05) is 20.6 Å². The highest BCUT2D eigenvalue weighted by Crippen LogP contribution is 2.30. The largest absolute Gasteiger partial charge is 0.309 e. The second-order valence-electron chi connectivity index (χ2n) is 7.20. The van der Waals surface area contributed by atoms with Gasteiger partial charge in [0.1, 0.15) is 5.82 Å². The normalized spacial score (nSPS) is 12.9. The maximum atomic E-state index is 12.3. The average Bonchev–Trinajstić information content (AvgIpc) is 2.83. The third kappa shape index (κ3) is 3.99. The number of hydrogen-bond donors (Lipinski definition) is 0. The van der Waals surface area contributed by atoms with Crippen molar-refractivity contribution in [3.05, 3.63) is 91.6 Å². The standard InChI is InChI=1S/C22H20Cl2N4O/c1-27(2)10-9-15-12-21(29)26-20-13-25-22(16-5-3-4-6-18(16)24)17-11-14(23)7-8-19(17)28(15)20/h3-8,11-12H,9-10,13H2,1-2H3. The zero-order chi connectivity index (χ0) is 20.5. The van der Waals surface area contributed by atoms with Crippen LogP contribution in [0.4, 0.5) is 0 Å². The lowest BCUT2D eigenvalue weighted by Crippen LogP contribution is -2.23. The lowest BCUT2D eigenvalue weighted by atomic mass is 10.00. The highest BCUT2D eigenvalue weighted by atomic mass is 35.5. The van der Waals surface area contributed by atoms with Crippen LogP contribution in [0.25, 0.3) is 5.69 Å². The van der Waals surface area contributed by atoms with Crippen LogP contribution < -0.4 is 5.56 Å². The number of nitrogens with zero attached hydrogens (tertiary/aromatic N) is 4. The van der Waals surface area contributed by atoms with Crippen LogP contribution in [0, 0.1) is 0 Å². The van der Waals surface area contributed by atoms with Gasteiger partial charge >= 0.3 is 0 Å². The van der Waals surface area contributed by atoms with E-state index in [1.54, 1.807) is 6.07 Å². The molecule has 0 radical (unpaired) electrons. The predicted molar refractivity (Wildman–Crippen MR) is 118 cm³/mol. The van der Waals surface area contributed by atoms with E-state index in [9.17, 15) is 4.79 Å². The Morgan fingerprint density at radius 2 is 1.86 bits per heavy atom. The summed E-state index contributed by atoms with van der Waals surface area (Å²) in [4.78, 5) is 23.4. The summed E-state index contributed by atoms with van der Waals surface area (Å²) in [5.74, 6) is 0.608. The number of halogens is 2. The summed E-state index contributed by atoms with van der Waals surface area (Å²) in [6.07, 6.45) is 0.710. The van der Waals surface area contributed by atoms with Gasteiger partial charge in [0, 0.05) is 45.9 Å². The Balaban J connectivity index is 1.97. The van der Waals surface area contributed by atoms with Crippen LogP contribution in [0.2, 0.25) is 10.0 Å². The number of rotatable bonds is 4. The number of likely N-dealkylation sites (N-methyl/N-ethyl adjacent to an activating group) is 1. The molecule has 1 aliphatic heterocycles. The molecule has 0 bridgehead atoms. The average molecular weight is 427 g/mol. The summed E-state index contributed by atoms with van der Waals surface area (Å²) < 4.78 is 2.03. The molecule has 0 saturated heterocycles. The molecule has 4 rings (SSSR count). The molecule has 0 fully saturated rings. The molecule has 0 unspecified atom stereocenters. The van der Waals surface area contributed by atoms with Crippen molar-refractivity contribution in [2.24, 2.45) is 4.99 Å². The molecule has 2 aromatic carbocycles. The van der Waals surface area contributed by atoms with Crippen molar-refractivity contribution >= 4 is 28.9 Å². The Bertz CT molecular complexity index is 1170. The van der Waals surface area contributed by atoms with Gasteiger partial charge in [-0.2, -0.15) is 4.98 Å². The number of hydrogen-bond acceptors (Lipinski definition) is 4. The topological polar surface area (TPSA) is 50.5 Å². The van der Waals surface area contributed by atoms with Crippen LogP contribution in [-0.4, -0.2) is 40.8 Å². The second kappa shape index (κ2) is 8.11. The predicted octanol–water partition coefficient (Wildman–Crippen LogP) is 3.99. The Kier molecular flexibility index (Phi) is 5.54.